The van der Waals surface area contributed by atoms with Crippen molar-refractivity contribution < 1.29 is 4.79 Å². The van der Waals surface area contributed by atoms with Crippen molar-refractivity contribution in [3.63, 3.8) is 0 Å². The Kier molecular flexibility index (Phi) is 4.04. The normalized spacial score (nSPS) is 18.9. The lowest BCUT2D eigenvalue weighted by molar-refractivity contribution is -0.133. The third-order valence-electron chi connectivity index (χ3n) is 4.47. The first kappa shape index (κ1) is 15.2. The standard InChI is InChI=1S/C16H21N3O2S/c1-10-5-4-6-18(7-10)13(20)8-19-9-17-15-14(16(19)21)11(2)12(3)22-15/h9-10H,4-8H2,1-3H3/t10-/m0/s1. The summed E-state index contributed by atoms with van der Waals surface area (Å²) in [5, 5.41) is 0.657. The average molecular weight is 319 g/mol. The van der Waals surface area contributed by atoms with Crippen LogP contribution in [0.25, 0.3) is 10.2 Å². The number of aryl methyl sites for hydroxylation is 2. The number of amides is 1. The van der Waals surface area contributed by atoms with Gasteiger partial charge in [-0.1, -0.05) is 6.92 Å². The van der Waals surface area contributed by atoms with Crippen LogP contribution in [0, 0.1) is 19.8 Å². The molecule has 1 atom stereocenters. The molecular weight excluding hydrogens is 298 g/mol. The first-order valence-corrected chi connectivity index (χ1v) is 8.52. The fraction of sp³-hybridized carbons (Fsp3) is 0.562. The number of nitrogens with zero attached hydrogens (tertiary/aromatic N) is 3. The summed E-state index contributed by atoms with van der Waals surface area (Å²) in [6.07, 6.45) is 3.72. The molecule has 22 heavy (non-hydrogen) atoms. The van der Waals surface area contributed by atoms with Crippen molar-refractivity contribution in [3.8, 4) is 0 Å². The average Bonchev–Trinajstić information content (AvgIpc) is 2.78. The Hall–Kier alpha value is -1.69. The van der Waals surface area contributed by atoms with Crippen LogP contribution in [-0.4, -0.2) is 33.4 Å². The van der Waals surface area contributed by atoms with Gasteiger partial charge < -0.3 is 4.90 Å². The summed E-state index contributed by atoms with van der Waals surface area (Å²) in [4.78, 5) is 33.1. The molecule has 3 rings (SSSR count). The number of aromatic nitrogens is 2. The lowest BCUT2D eigenvalue weighted by Gasteiger charge is -2.31. The Labute approximate surface area is 133 Å². The lowest BCUT2D eigenvalue weighted by atomic mass is 10.0. The van der Waals surface area contributed by atoms with E-state index in [9.17, 15) is 9.59 Å². The van der Waals surface area contributed by atoms with E-state index in [0.29, 0.717) is 11.3 Å². The number of fused-ring (bicyclic) bond motifs is 1. The molecule has 6 heteroatoms. The highest BCUT2D eigenvalue weighted by Gasteiger charge is 2.22. The van der Waals surface area contributed by atoms with Gasteiger partial charge in [-0.25, -0.2) is 4.98 Å². The third-order valence-corrected chi connectivity index (χ3v) is 5.59. The van der Waals surface area contributed by atoms with Crippen LogP contribution < -0.4 is 5.56 Å². The van der Waals surface area contributed by atoms with Gasteiger partial charge in [0.15, 0.2) is 0 Å². The monoisotopic (exact) mass is 319 g/mol. The minimum Gasteiger partial charge on any atom is -0.341 e. The van der Waals surface area contributed by atoms with Gasteiger partial charge in [0.1, 0.15) is 11.4 Å². The SMILES string of the molecule is Cc1sc2ncn(CC(=O)N3CCC[C@H](C)C3)c(=O)c2c1C. The largest absolute Gasteiger partial charge is 0.341 e. The third kappa shape index (κ3) is 2.67. The Balaban J connectivity index is 1.88. The zero-order valence-corrected chi connectivity index (χ0v) is 14.1. The summed E-state index contributed by atoms with van der Waals surface area (Å²) >= 11 is 1.53. The Bertz CT molecular complexity index is 778. The molecule has 0 saturated carbocycles. The maximum absolute atomic E-state index is 12.6. The van der Waals surface area contributed by atoms with E-state index in [-0.39, 0.29) is 18.0 Å². The summed E-state index contributed by atoms with van der Waals surface area (Å²) in [6.45, 7) is 7.77. The fourth-order valence-electron chi connectivity index (χ4n) is 3.04. The van der Waals surface area contributed by atoms with Crippen molar-refractivity contribution in [1.29, 1.82) is 0 Å². The van der Waals surface area contributed by atoms with Gasteiger partial charge in [-0.3, -0.25) is 14.2 Å². The van der Waals surface area contributed by atoms with E-state index in [1.165, 1.54) is 28.7 Å². The zero-order chi connectivity index (χ0) is 15.9. The van der Waals surface area contributed by atoms with Crippen molar-refractivity contribution >= 4 is 27.5 Å². The van der Waals surface area contributed by atoms with Gasteiger partial charge in [-0.15, -0.1) is 11.3 Å². The van der Waals surface area contributed by atoms with Crippen LogP contribution in [0.5, 0.6) is 0 Å². The molecule has 2 aromatic rings. The van der Waals surface area contributed by atoms with E-state index in [2.05, 4.69) is 11.9 Å². The number of carbonyl (C=O) groups excluding carboxylic acids is 1. The quantitative estimate of drug-likeness (QED) is 0.854. The van der Waals surface area contributed by atoms with Gasteiger partial charge in [-0.2, -0.15) is 0 Å². The predicted octanol–water partition coefficient (Wildman–Crippen LogP) is 2.33. The van der Waals surface area contributed by atoms with Crippen LogP contribution in [0.4, 0.5) is 0 Å². The molecule has 1 fully saturated rings. The van der Waals surface area contributed by atoms with Crippen LogP contribution in [0.1, 0.15) is 30.2 Å². The van der Waals surface area contributed by atoms with E-state index in [1.54, 1.807) is 0 Å². The number of piperidine rings is 1. The molecule has 0 aromatic carbocycles. The van der Waals surface area contributed by atoms with E-state index in [4.69, 9.17) is 0 Å². The lowest BCUT2D eigenvalue weighted by Crippen LogP contribution is -2.42. The second-order valence-electron chi connectivity index (χ2n) is 6.23. The number of thiophene rings is 1. The highest BCUT2D eigenvalue weighted by atomic mass is 32.1. The molecule has 0 radical (unpaired) electrons. The molecular formula is C16H21N3O2S. The zero-order valence-electron chi connectivity index (χ0n) is 13.3. The molecule has 1 amide bonds. The van der Waals surface area contributed by atoms with Crippen molar-refractivity contribution in [1.82, 2.24) is 14.5 Å². The number of likely N-dealkylation sites (tertiary alicyclic amines) is 1. The Morgan fingerprint density at radius 3 is 2.95 bits per heavy atom. The van der Waals surface area contributed by atoms with Crippen molar-refractivity contribution in [2.45, 2.75) is 40.2 Å². The molecule has 1 aliphatic rings. The van der Waals surface area contributed by atoms with Crippen LogP contribution >= 0.6 is 11.3 Å². The molecule has 0 unspecified atom stereocenters. The molecule has 2 aromatic heterocycles. The molecule has 0 bridgehead atoms. The molecule has 1 saturated heterocycles. The van der Waals surface area contributed by atoms with Gasteiger partial charge in [0, 0.05) is 18.0 Å². The molecule has 0 aliphatic carbocycles. The second kappa shape index (κ2) is 5.83. The highest BCUT2D eigenvalue weighted by molar-refractivity contribution is 7.18. The van der Waals surface area contributed by atoms with Crippen LogP contribution in [0.2, 0.25) is 0 Å². The maximum atomic E-state index is 12.6. The number of hydrogen-bond donors (Lipinski definition) is 0. The van der Waals surface area contributed by atoms with Gasteiger partial charge >= 0.3 is 0 Å². The molecule has 5 nitrogen and oxygen atoms in total. The van der Waals surface area contributed by atoms with Gasteiger partial charge in [0.2, 0.25) is 5.91 Å². The molecule has 0 N–H and O–H groups in total. The van der Waals surface area contributed by atoms with Gasteiger partial charge in [0.05, 0.1) is 11.7 Å². The summed E-state index contributed by atoms with van der Waals surface area (Å²) in [6, 6.07) is 0. The number of carbonyl (C=O) groups is 1. The molecule has 3 heterocycles. The van der Waals surface area contributed by atoms with Crippen LogP contribution in [0.15, 0.2) is 11.1 Å². The first-order valence-electron chi connectivity index (χ1n) is 7.70. The first-order chi connectivity index (χ1) is 10.5. The Morgan fingerprint density at radius 1 is 1.45 bits per heavy atom. The van der Waals surface area contributed by atoms with Crippen molar-refractivity contribution in [2.24, 2.45) is 5.92 Å². The summed E-state index contributed by atoms with van der Waals surface area (Å²) in [5.74, 6) is 0.552. The topological polar surface area (TPSA) is 55.2 Å². The molecule has 118 valence electrons. The number of rotatable bonds is 2. The minimum atomic E-state index is -0.106. The predicted molar refractivity (Wildman–Crippen MR) is 88.3 cm³/mol. The Morgan fingerprint density at radius 2 is 2.23 bits per heavy atom. The van der Waals surface area contributed by atoms with Crippen molar-refractivity contribution in [2.75, 3.05) is 13.1 Å². The summed E-state index contributed by atoms with van der Waals surface area (Å²) in [7, 11) is 0. The van der Waals surface area contributed by atoms with Crippen LogP contribution in [0.3, 0.4) is 0 Å². The van der Waals surface area contributed by atoms with E-state index < -0.39 is 0 Å². The van der Waals surface area contributed by atoms with E-state index in [1.807, 2.05) is 18.7 Å². The molecule has 0 spiro atoms. The maximum Gasteiger partial charge on any atom is 0.262 e. The van der Waals surface area contributed by atoms with Crippen molar-refractivity contribution in [3.05, 3.63) is 27.1 Å². The molecule has 1 aliphatic heterocycles. The summed E-state index contributed by atoms with van der Waals surface area (Å²) in [5.41, 5.74) is 0.871. The van der Waals surface area contributed by atoms with E-state index >= 15 is 0 Å². The van der Waals surface area contributed by atoms with E-state index in [0.717, 1.165) is 34.8 Å². The highest BCUT2D eigenvalue weighted by Crippen LogP contribution is 2.25. The minimum absolute atomic E-state index is 0.0133. The number of hydrogen-bond acceptors (Lipinski definition) is 4. The fourth-order valence-corrected chi connectivity index (χ4v) is 4.03. The van der Waals surface area contributed by atoms with Crippen LogP contribution in [-0.2, 0) is 11.3 Å². The smallest absolute Gasteiger partial charge is 0.262 e. The summed E-state index contributed by atoms with van der Waals surface area (Å²) < 4.78 is 1.45. The van der Waals surface area contributed by atoms with Gasteiger partial charge in [-0.05, 0) is 38.2 Å². The second-order valence-corrected chi connectivity index (χ2v) is 7.43. The van der Waals surface area contributed by atoms with Gasteiger partial charge in [0.25, 0.3) is 5.56 Å².